The highest BCUT2D eigenvalue weighted by Crippen LogP contribution is 2.32. The Bertz CT molecular complexity index is 288. The quantitative estimate of drug-likeness (QED) is 0.644. The fourth-order valence-corrected chi connectivity index (χ4v) is 2.22. The van der Waals surface area contributed by atoms with E-state index in [0.717, 1.165) is 18.0 Å². The van der Waals surface area contributed by atoms with Crippen molar-refractivity contribution >= 4 is 17.4 Å². The third-order valence-electron chi connectivity index (χ3n) is 1.86. The fraction of sp³-hybridized carbons (Fsp3) is 0.333. The maximum atomic E-state index is 9.23. The van der Waals surface area contributed by atoms with Crippen LogP contribution in [0.15, 0.2) is 23.1 Å². The molecule has 0 radical (unpaired) electrons. The Kier molecular flexibility index (Phi) is 2.13. The summed E-state index contributed by atoms with van der Waals surface area (Å²) in [5.74, 6) is 1.49. The topological polar surface area (TPSA) is 32.3 Å². The smallest absolute Gasteiger partial charge is 0.117 e. The van der Waals surface area contributed by atoms with Gasteiger partial charge in [0.15, 0.2) is 0 Å². The predicted molar refractivity (Wildman–Crippen MR) is 51.9 cm³/mol. The van der Waals surface area contributed by atoms with Crippen LogP contribution in [0.2, 0.25) is 0 Å². The van der Waals surface area contributed by atoms with Gasteiger partial charge in [-0.25, -0.2) is 0 Å². The van der Waals surface area contributed by atoms with Crippen LogP contribution in [0.25, 0.3) is 0 Å². The Balaban J connectivity index is 2.36. The molecule has 0 fully saturated rings. The number of anilines is 1. The molecule has 1 aliphatic heterocycles. The molecule has 0 aliphatic carbocycles. The Morgan fingerprint density at radius 3 is 3.25 bits per heavy atom. The second-order valence-corrected chi connectivity index (χ2v) is 3.95. The molecule has 2 N–H and O–H groups in total. The van der Waals surface area contributed by atoms with Gasteiger partial charge < -0.3 is 10.4 Å². The molecule has 2 rings (SSSR count). The summed E-state index contributed by atoms with van der Waals surface area (Å²) in [4.78, 5) is 1.24. The van der Waals surface area contributed by atoms with E-state index in [0.29, 0.717) is 5.75 Å². The van der Waals surface area contributed by atoms with Crippen molar-refractivity contribution in [3.63, 3.8) is 0 Å². The van der Waals surface area contributed by atoms with Crippen LogP contribution in [0.5, 0.6) is 5.75 Å². The first-order valence-corrected chi connectivity index (χ1v) is 5.04. The van der Waals surface area contributed by atoms with Crippen LogP contribution in [0.3, 0.4) is 0 Å². The van der Waals surface area contributed by atoms with Crippen molar-refractivity contribution in [2.24, 2.45) is 0 Å². The summed E-state index contributed by atoms with van der Waals surface area (Å²) < 4.78 is 0. The van der Waals surface area contributed by atoms with Crippen molar-refractivity contribution in [2.45, 2.75) is 11.3 Å². The molecule has 1 aliphatic rings. The van der Waals surface area contributed by atoms with Crippen LogP contribution in [-0.2, 0) is 0 Å². The van der Waals surface area contributed by atoms with Gasteiger partial charge in [-0.1, -0.05) is 0 Å². The lowest BCUT2D eigenvalue weighted by Crippen LogP contribution is -1.99. The molecule has 0 spiro atoms. The van der Waals surface area contributed by atoms with Gasteiger partial charge in [-0.2, -0.15) is 0 Å². The average molecular weight is 181 g/mol. The molecule has 0 aromatic heterocycles. The van der Waals surface area contributed by atoms with E-state index in [1.165, 1.54) is 11.3 Å². The van der Waals surface area contributed by atoms with Gasteiger partial charge in [-0.15, -0.1) is 11.8 Å². The zero-order chi connectivity index (χ0) is 8.39. The molecule has 0 saturated carbocycles. The minimum Gasteiger partial charge on any atom is -0.508 e. The van der Waals surface area contributed by atoms with Gasteiger partial charge in [-0.05, 0) is 24.3 Å². The number of rotatable bonds is 0. The van der Waals surface area contributed by atoms with Crippen LogP contribution in [0, 0.1) is 0 Å². The SMILES string of the molecule is Oc1ccc2c(c1)NCCCS2. The van der Waals surface area contributed by atoms with E-state index in [9.17, 15) is 5.11 Å². The minimum absolute atomic E-state index is 0.337. The van der Waals surface area contributed by atoms with Crippen molar-refractivity contribution in [3.05, 3.63) is 18.2 Å². The second-order valence-electron chi connectivity index (χ2n) is 2.81. The predicted octanol–water partition coefficient (Wildman–Crippen LogP) is 2.30. The summed E-state index contributed by atoms with van der Waals surface area (Å²) in [6, 6.07) is 5.49. The van der Waals surface area contributed by atoms with Crippen molar-refractivity contribution in [1.29, 1.82) is 0 Å². The van der Waals surface area contributed by atoms with Gasteiger partial charge in [0.05, 0.1) is 5.69 Å². The summed E-state index contributed by atoms with van der Waals surface area (Å²) in [5, 5.41) is 12.5. The van der Waals surface area contributed by atoms with E-state index in [-0.39, 0.29) is 0 Å². The minimum atomic E-state index is 0.337. The Morgan fingerprint density at radius 2 is 2.33 bits per heavy atom. The Hall–Kier alpha value is -0.830. The maximum absolute atomic E-state index is 9.23. The molecule has 0 atom stereocenters. The average Bonchev–Trinajstić information content (AvgIpc) is 2.28. The molecule has 1 aromatic carbocycles. The lowest BCUT2D eigenvalue weighted by molar-refractivity contribution is 0.475. The summed E-state index contributed by atoms with van der Waals surface area (Å²) in [6.45, 7) is 1.00. The van der Waals surface area contributed by atoms with E-state index in [2.05, 4.69) is 5.32 Å². The number of benzene rings is 1. The van der Waals surface area contributed by atoms with Gasteiger partial charge in [0.2, 0.25) is 0 Å². The molecular weight excluding hydrogens is 170 g/mol. The largest absolute Gasteiger partial charge is 0.508 e. The maximum Gasteiger partial charge on any atom is 0.117 e. The first-order chi connectivity index (χ1) is 5.86. The summed E-state index contributed by atoms with van der Waals surface area (Å²) in [7, 11) is 0. The third kappa shape index (κ3) is 1.50. The van der Waals surface area contributed by atoms with Crippen LogP contribution in [-0.4, -0.2) is 17.4 Å². The summed E-state index contributed by atoms with van der Waals surface area (Å²) >= 11 is 1.84. The number of hydrogen-bond donors (Lipinski definition) is 2. The molecule has 3 heteroatoms. The van der Waals surface area contributed by atoms with Crippen LogP contribution >= 0.6 is 11.8 Å². The molecule has 12 heavy (non-hydrogen) atoms. The van der Waals surface area contributed by atoms with Crippen molar-refractivity contribution in [1.82, 2.24) is 0 Å². The summed E-state index contributed by atoms with van der Waals surface area (Å²) in [6.07, 6.45) is 1.18. The Labute approximate surface area is 76.0 Å². The van der Waals surface area contributed by atoms with E-state index < -0.39 is 0 Å². The summed E-state index contributed by atoms with van der Waals surface area (Å²) in [5.41, 5.74) is 1.07. The first-order valence-electron chi connectivity index (χ1n) is 4.06. The lowest BCUT2D eigenvalue weighted by Gasteiger charge is -2.06. The molecule has 0 saturated heterocycles. The van der Waals surface area contributed by atoms with Crippen molar-refractivity contribution in [2.75, 3.05) is 17.6 Å². The molecule has 0 amide bonds. The highest BCUT2D eigenvalue weighted by Gasteiger charge is 2.07. The van der Waals surface area contributed by atoms with Gasteiger partial charge in [0.25, 0.3) is 0 Å². The highest BCUT2D eigenvalue weighted by molar-refractivity contribution is 7.99. The van der Waals surface area contributed by atoms with Gasteiger partial charge in [0.1, 0.15) is 5.75 Å². The molecule has 1 heterocycles. The van der Waals surface area contributed by atoms with Crippen molar-refractivity contribution in [3.8, 4) is 5.75 Å². The fourth-order valence-electron chi connectivity index (χ4n) is 1.26. The number of thioether (sulfide) groups is 1. The van der Waals surface area contributed by atoms with Crippen LogP contribution < -0.4 is 5.32 Å². The van der Waals surface area contributed by atoms with E-state index in [1.54, 1.807) is 12.1 Å². The molecule has 2 nitrogen and oxygen atoms in total. The highest BCUT2D eigenvalue weighted by atomic mass is 32.2. The van der Waals surface area contributed by atoms with E-state index in [1.807, 2.05) is 17.8 Å². The van der Waals surface area contributed by atoms with E-state index in [4.69, 9.17) is 0 Å². The molecule has 0 bridgehead atoms. The first kappa shape index (κ1) is 7.80. The number of aromatic hydroxyl groups is 1. The number of phenolic OH excluding ortho intramolecular Hbond substituents is 1. The zero-order valence-corrected chi connectivity index (χ0v) is 7.53. The number of nitrogens with one attached hydrogen (secondary N) is 1. The standard InChI is InChI=1S/C9H11NOS/c11-7-2-3-9-8(6-7)10-4-1-5-12-9/h2-3,6,10-11H,1,4-5H2. The van der Waals surface area contributed by atoms with Crippen LogP contribution in [0.4, 0.5) is 5.69 Å². The molecule has 1 aromatic rings. The normalized spacial score (nSPS) is 16.0. The zero-order valence-electron chi connectivity index (χ0n) is 6.71. The molecule has 64 valence electrons. The lowest BCUT2D eigenvalue weighted by atomic mass is 10.3. The van der Waals surface area contributed by atoms with Gasteiger partial charge in [-0.3, -0.25) is 0 Å². The Morgan fingerprint density at radius 1 is 1.42 bits per heavy atom. The number of fused-ring (bicyclic) bond motifs is 1. The third-order valence-corrected chi connectivity index (χ3v) is 3.02. The second kappa shape index (κ2) is 3.27. The van der Waals surface area contributed by atoms with Gasteiger partial charge >= 0.3 is 0 Å². The molecular formula is C9H11NOS. The monoisotopic (exact) mass is 181 g/mol. The van der Waals surface area contributed by atoms with E-state index >= 15 is 0 Å². The number of hydrogen-bond acceptors (Lipinski definition) is 3. The van der Waals surface area contributed by atoms with Gasteiger partial charge in [0, 0.05) is 17.5 Å². The number of phenols is 1. The molecule has 0 unspecified atom stereocenters. The van der Waals surface area contributed by atoms with Crippen molar-refractivity contribution < 1.29 is 5.11 Å². The van der Waals surface area contributed by atoms with Crippen LogP contribution in [0.1, 0.15) is 6.42 Å².